The van der Waals surface area contributed by atoms with E-state index in [-0.39, 0.29) is 0 Å². The first-order chi connectivity index (χ1) is 27.2. The van der Waals surface area contributed by atoms with Crippen LogP contribution >= 0.6 is 0 Å². The van der Waals surface area contributed by atoms with E-state index < -0.39 is 0 Å². The van der Waals surface area contributed by atoms with Gasteiger partial charge in [-0.1, -0.05) is 115 Å². The summed E-state index contributed by atoms with van der Waals surface area (Å²) < 4.78 is 6.84. The Kier molecular flexibility index (Phi) is 6.61. The number of para-hydroxylation sites is 6. The zero-order valence-electron chi connectivity index (χ0n) is 29.5. The van der Waals surface area contributed by atoms with Gasteiger partial charge in [0.25, 0.3) is 0 Å². The maximum Gasteiger partial charge on any atom is 0.101 e. The molecule has 0 unspecified atom stereocenters. The molecule has 55 heavy (non-hydrogen) atoms. The molecule has 0 fully saturated rings. The second-order valence-electron chi connectivity index (χ2n) is 13.9. The van der Waals surface area contributed by atoms with Crippen LogP contribution in [0.4, 0.5) is 0 Å². The van der Waals surface area contributed by atoms with Crippen molar-refractivity contribution in [3.05, 3.63) is 187 Å². The Hall–Kier alpha value is -7.86. The van der Waals surface area contributed by atoms with Gasteiger partial charge in [0.2, 0.25) is 0 Å². The van der Waals surface area contributed by atoms with E-state index >= 15 is 0 Å². The fraction of sp³-hybridized carbons (Fsp3) is 0. The lowest BCUT2D eigenvalue weighted by atomic mass is 9.99. The first kappa shape index (κ1) is 30.7. The van der Waals surface area contributed by atoms with Crippen LogP contribution in [0.15, 0.2) is 176 Å². The zero-order chi connectivity index (χ0) is 36.6. The summed E-state index contributed by atoms with van der Waals surface area (Å²) >= 11 is 0. The largest absolute Gasteiger partial charge is 0.309 e. The quantitative estimate of drug-likeness (QED) is 0.184. The van der Waals surface area contributed by atoms with Gasteiger partial charge in [0, 0.05) is 43.6 Å². The molecule has 0 saturated carbocycles. The molecule has 11 aromatic rings. The molecule has 0 aliphatic rings. The van der Waals surface area contributed by atoms with Gasteiger partial charge in [-0.2, -0.15) is 10.5 Å². The minimum atomic E-state index is 0.590. The normalized spacial score (nSPS) is 11.6. The Morgan fingerprint density at radius 3 is 1.51 bits per heavy atom. The minimum Gasteiger partial charge on any atom is -0.309 e. The van der Waals surface area contributed by atoms with Crippen molar-refractivity contribution in [3.8, 4) is 40.3 Å². The first-order valence-corrected chi connectivity index (χ1v) is 18.3. The third-order valence-electron chi connectivity index (χ3n) is 11.1. The van der Waals surface area contributed by atoms with Crippen molar-refractivity contribution in [2.24, 2.45) is 0 Å². The molecule has 5 heteroatoms. The molecule has 0 amide bonds. The number of rotatable bonds is 4. The fourth-order valence-electron chi connectivity index (χ4n) is 8.88. The summed E-state index contributed by atoms with van der Waals surface area (Å²) in [5.74, 6) is 0. The van der Waals surface area contributed by atoms with Crippen LogP contribution in [0.1, 0.15) is 11.1 Å². The molecule has 0 radical (unpaired) electrons. The van der Waals surface area contributed by atoms with Gasteiger partial charge < -0.3 is 13.7 Å². The van der Waals surface area contributed by atoms with Crippen molar-refractivity contribution < 1.29 is 0 Å². The van der Waals surface area contributed by atoms with Crippen molar-refractivity contribution in [2.75, 3.05) is 0 Å². The van der Waals surface area contributed by atoms with Crippen LogP contribution in [-0.4, -0.2) is 13.7 Å². The molecular weight excluding hydrogens is 671 g/mol. The second-order valence-corrected chi connectivity index (χ2v) is 13.9. The Balaban J connectivity index is 1.16. The number of nitrogens with zero attached hydrogens (tertiary/aromatic N) is 5. The van der Waals surface area contributed by atoms with Crippen molar-refractivity contribution in [3.63, 3.8) is 0 Å². The smallest absolute Gasteiger partial charge is 0.101 e. The standard InChI is InChI=1S/C50H29N5/c51-30-33-12-9-18-36(32-26-28-35(29-27-32)53-42-20-5-3-16-39(42)40-19-10-13-34(31-52)50(40)53)49(33)55-45-23-8-4-17-41(45)48-46(24-11-25-47(48)55)54-43-21-6-1-14-37(43)38-15-2-7-22-44(38)54/h1-29H. The molecule has 0 bridgehead atoms. The van der Waals surface area contributed by atoms with Crippen LogP contribution in [0.25, 0.3) is 93.6 Å². The van der Waals surface area contributed by atoms with E-state index in [9.17, 15) is 10.5 Å². The van der Waals surface area contributed by atoms with E-state index in [1.807, 2.05) is 36.4 Å². The maximum atomic E-state index is 10.7. The lowest BCUT2D eigenvalue weighted by Crippen LogP contribution is -2.01. The molecular formula is C50H29N5. The molecule has 3 heterocycles. The van der Waals surface area contributed by atoms with Crippen molar-refractivity contribution in [1.82, 2.24) is 13.7 Å². The number of aromatic nitrogens is 3. The highest BCUT2D eigenvalue weighted by molar-refractivity contribution is 6.17. The lowest BCUT2D eigenvalue weighted by Gasteiger charge is -2.17. The highest BCUT2D eigenvalue weighted by atomic mass is 15.0. The molecule has 0 atom stereocenters. The predicted octanol–water partition coefficient (Wildman–Crippen LogP) is 12.4. The Bertz CT molecular complexity index is 3400. The Labute approximate surface area is 316 Å². The summed E-state index contributed by atoms with van der Waals surface area (Å²) in [4.78, 5) is 0. The van der Waals surface area contributed by atoms with E-state index in [0.717, 1.165) is 82.8 Å². The third-order valence-corrected chi connectivity index (χ3v) is 11.1. The fourth-order valence-corrected chi connectivity index (χ4v) is 8.88. The van der Waals surface area contributed by atoms with Crippen LogP contribution in [0.3, 0.4) is 0 Å². The third kappa shape index (κ3) is 4.33. The average molecular weight is 700 g/mol. The highest BCUT2D eigenvalue weighted by Gasteiger charge is 2.23. The van der Waals surface area contributed by atoms with Gasteiger partial charge >= 0.3 is 0 Å². The Morgan fingerprint density at radius 2 is 0.855 bits per heavy atom. The predicted molar refractivity (Wildman–Crippen MR) is 224 cm³/mol. The van der Waals surface area contributed by atoms with Gasteiger partial charge in [0.15, 0.2) is 0 Å². The van der Waals surface area contributed by atoms with Crippen molar-refractivity contribution in [2.45, 2.75) is 0 Å². The molecule has 8 aromatic carbocycles. The minimum absolute atomic E-state index is 0.590. The van der Waals surface area contributed by atoms with Gasteiger partial charge in [-0.05, 0) is 66.2 Å². The Morgan fingerprint density at radius 1 is 0.364 bits per heavy atom. The topological polar surface area (TPSA) is 62.4 Å². The number of benzene rings is 8. The monoisotopic (exact) mass is 699 g/mol. The first-order valence-electron chi connectivity index (χ1n) is 18.3. The van der Waals surface area contributed by atoms with E-state index in [1.54, 1.807) is 0 Å². The summed E-state index contributed by atoms with van der Waals surface area (Å²) in [6.07, 6.45) is 0. The molecule has 3 aromatic heterocycles. The molecule has 5 nitrogen and oxygen atoms in total. The zero-order valence-corrected chi connectivity index (χ0v) is 29.5. The van der Waals surface area contributed by atoms with Crippen LogP contribution in [0.2, 0.25) is 0 Å². The number of hydrogen-bond acceptors (Lipinski definition) is 2. The van der Waals surface area contributed by atoms with Crippen molar-refractivity contribution in [1.29, 1.82) is 10.5 Å². The van der Waals surface area contributed by atoms with Gasteiger partial charge in [-0.3, -0.25) is 0 Å². The van der Waals surface area contributed by atoms with E-state index in [4.69, 9.17) is 0 Å². The summed E-state index contributed by atoms with van der Waals surface area (Å²) in [5, 5.41) is 27.6. The van der Waals surface area contributed by atoms with Gasteiger partial charge in [0.1, 0.15) is 12.1 Å². The molecule has 0 aliphatic carbocycles. The molecule has 11 rings (SSSR count). The molecule has 254 valence electrons. The van der Waals surface area contributed by atoms with Crippen LogP contribution in [0, 0.1) is 22.7 Å². The number of hydrogen-bond donors (Lipinski definition) is 0. The average Bonchev–Trinajstić information content (AvgIpc) is 3.89. The van der Waals surface area contributed by atoms with E-state index in [1.165, 1.54) is 10.8 Å². The molecule has 0 N–H and O–H groups in total. The lowest BCUT2D eigenvalue weighted by molar-refractivity contribution is 1.16. The van der Waals surface area contributed by atoms with E-state index in [0.29, 0.717) is 11.1 Å². The summed E-state index contributed by atoms with van der Waals surface area (Å²) in [7, 11) is 0. The van der Waals surface area contributed by atoms with Gasteiger partial charge in [-0.15, -0.1) is 0 Å². The number of nitriles is 2. The highest BCUT2D eigenvalue weighted by Crippen LogP contribution is 2.42. The number of fused-ring (bicyclic) bond motifs is 9. The van der Waals surface area contributed by atoms with Crippen LogP contribution in [0.5, 0.6) is 0 Å². The SMILES string of the molecule is N#Cc1cccc(-c2ccc(-n3c4ccccc4c4cccc(C#N)c43)cc2)c1-n1c2ccccc2c2c(-n3c4ccccc4c4ccccc43)cccc21. The van der Waals surface area contributed by atoms with Crippen molar-refractivity contribution >= 4 is 65.4 Å². The van der Waals surface area contributed by atoms with Gasteiger partial charge in [0.05, 0.1) is 55.6 Å². The van der Waals surface area contributed by atoms with Crippen LogP contribution < -0.4 is 0 Å². The second kappa shape index (κ2) is 11.8. The summed E-state index contributed by atoms with van der Waals surface area (Å²) in [6.45, 7) is 0. The van der Waals surface area contributed by atoms with Gasteiger partial charge in [-0.25, -0.2) is 0 Å². The molecule has 0 spiro atoms. The summed E-state index contributed by atoms with van der Waals surface area (Å²) in [5.41, 5.74) is 12.4. The maximum absolute atomic E-state index is 10.7. The molecule has 0 aliphatic heterocycles. The summed E-state index contributed by atoms with van der Waals surface area (Å²) in [6, 6.07) is 65.8. The van der Waals surface area contributed by atoms with Crippen LogP contribution in [-0.2, 0) is 0 Å². The van der Waals surface area contributed by atoms with E-state index in [2.05, 4.69) is 165 Å². The molecule has 0 saturated heterocycles.